The molecule has 3 nitrogen and oxygen atoms in total. The fourth-order valence-corrected chi connectivity index (χ4v) is 2.59. The summed E-state index contributed by atoms with van der Waals surface area (Å²) in [4.78, 5) is 4.39. The monoisotopic (exact) mass is 249 g/mol. The van der Waals surface area contributed by atoms with Crippen LogP contribution in [0, 0.1) is 6.92 Å². The summed E-state index contributed by atoms with van der Waals surface area (Å²) in [5.41, 5.74) is 2.69. The lowest BCUT2D eigenvalue weighted by atomic mass is 10.2. The van der Waals surface area contributed by atoms with E-state index in [1.165, 1.54) is 11.3 Å². The minimum Gasteiger partial charge on any atom is -0.331 e. The van der Waals surface area contributed by atoms with E-state index >= 15 is 0 Å². The molecule has 0 aromatic carbocycles. The summed E-state index contributed by atoms with van der Waals surface area (Å²) in [6.07, 6.45) is 3.06. The molecule has 0 radical (unpaired) electrons. The van der Waals surface area contributed by atoms with Gasteiger partial charge in [-0.2, -0.15) is 11.3 Å². The molecule has 0 spiro atoms. The normalized spacial score (nSPS) is 10.9. The van der Waals surface area contributed by atoms with Crippen LogP contribution < -0.4 is 5.32 Å². The van der Waals surface area contributed by atoms with Crippen LogP contribution in [0.15, 0.2) is 23.0 Å². The molecular formula is C13H19N3S. The standard InChI is InChI=1S/C13H19N3S/c1-3-14-8-13-9-15-11(2)16(13)6-4-12-5-7-17-10-12/h5,7,9-10,14H,3-4,6,8H2,1-2H3. The van der Waals surface area contributed by atoms with Crippen molar-refractivity contribution in [3.63, 3.8) is 0 Å². The Kier molecular flexibility index (Phi) is 4.34. The molecule has 0 bridgehead atoms. The van der Waals surface area contributed by atoms with Crippen LogP contribution in [0.3, 0.4) is 0 Å². The maximum absolute atomic E-state index is 4.39. The summed E-state index contributed by atoms with van der Waals surface area (Å²) >= 11 is 1.76. The van der Waals surface area contributed by atoms with E-state index in [0.29, 0.717) is 0 Å². The number of nitrogens with one attached hydrogen (secondary N) is 1. The number of imidazole rings is 1. The van der Waals surface area contributed by atoms with Gasteiger partial charge in [0.15, 0.2) is 0 Å². The van der Waals surface area contributed by atoms with Crippen LogP contribution in [-0.4, -0.2) is 16.1 Å². The van der Waals surface area contributed by atoms with E-state index in [0.717, 1.165) is 31.9 Å². The van der Waals surface area contributed by atoms with Gasteiger partial charge in [0.1, 0.15) is 5.82 Å². The lowest BCUT2D eigenvalue weighted by Crippen LogP contribution is -2.16. The molecule has 0 unspecified atom stereocenters. The molecule has 2 heterocycles. The second-order valence-electron chi connectivity index (χ2n) is 4.11. The highest BCUT2D eigenvalue weighted by atomic mass is 32.1. The van der Waals surface area contributed by atoms with E-state index in [1.807, 2.05) is 6.20 Å². The molecule has 0 aliphatic rings. The average Bonchev–Trinajstić information content (AvgIpc) is 2.94. The second-order valence-corrected chi connectivity index (χ2v) is 4.89. The third-order valence-corrected chi connectivity index (χ3v) is 3.63. The highest BCUT2D eigenvalue weighted by Gasteiger charge is 2.06. The van der Waals surface area contributed by atoms with Gasteiger partial charge in [-0.05, 0) is 42.3 Å². The maximum atomic E-state index is 4.39. The second kappa shape index (κ2) is 5.98. The summed E-state index contributed by atoms with van der Waals surface area (Å²) in [6, 6.07) is 2.20. The number of rotatable bonds is 6. The molecule has 17 heavy (non-hydrogen) atoms. The van der Waals surface area contributed by atoms with Crippen molar-refractivity contribution >= 4 is 11.3 Å². The summed E-state index contributed by atoms with van der Waals surface area (Å²) in [5, 5.41) is 7.71. The van der Waals surface area contributed by atoms with Crippen molar-refractivity contribution in [2.24, 2.45) is 0 Å². The molecule has 0 fully saturated rings. The fourth-order valence-electron chi connectivity index (χ4n) is 1.89. The van der Waals surface area contributed by atoms with Gasteiger partial charge in [0.05, 0.1) is 5.69 Å². The van der Waals surface area contributed by atoms with Gasteiger partial charge in [0, 0.05) is 19.3 Å². The Balaban J connectivity index is 2.01. The van der Waals surface area contributed by atoms with E-state index in [1.54, 1.807) is 11.3 Å². The van der Waals surface area contributed by atoms with Crippen molar-refractivity contribution in [2.45, 2.75) is 33.4 Å². The van der Waals surface area contributed by atoms with E-state index in [-0.39, 0.29) is 0 Å². The summed E-state index contributed by atoms with van der Waals surface area (Å²) in [7, 11) is 0. The lowest BCUT2D eigenvalue weighted by Gasteiger charge is -2.10. The first-order valence-corrected chi connectivity index (χ1v) is 6.98. The number of hydrogen-bond acceptors (Lipinski definition) is 3. The van der Waals surface area contributed by atoms with Crippen molar-refractivity contribution < 1.29 is 0 Å². The Bertz CT molecular complexity index is 445. The average molecular weight is 249 g/mol. The van der Waals surface area contributed by atoms with E-state index < -0.39 is 0 Å². The molecule has 2 rings (SSSR count). The zero-order valence-corrected chi connectivity index (χ0v) is 11.3. The SMILES string of the molecule is CCNCc1cnc(C)n1CCc1ccsc1. The van der Waals surface area contributed by atoms with Gasteiger partial charge in [-0.15, -0.1) is 0 Å². The molecule has 2 aromatic heterocycles. The van der Waals surface area contributed by atoms with Crippen molar-refractivity contribution in [1.29, 1.82) is 0 Å². The van der Waals surface area contributed by atoms with Crippen molar-refractivity contribution in [1.82, 2.24) is 14.9 Å². The Morgan fingerprint density at radius 1 is 1.47 bits per heavy atom. The van der Waals surface area contributed by atoms with Crippen LogP contribution >= 0.6 is 11.3 Å². The summed E-state index contributed by atoms with van der Waals surface area (Å²) < 4.78 is 2.31. The zero-order chi connectivity index (χ0) is 12.1. The van der Waals surface area contributed by atoms with Crippen LogP contribution in [0.25, 0.3) is 0 Å². The van der Waals surface area contributed by atoms with Crippen molar-refractivity contribution in [3.8, 4) is 0 Å². The molecule has 0 atom stereocenters. The lowest BCUT2D eigenvalue weighted by molar-refractivity contribution is 0.607. The van der Waals surface area contributed by atoms with Gasteiger partial charge >= 0.3 is 0 Å². The number of aromatic nitrogens is 2. The van der Waals surface area contributed by atoms with E-state index in [4.69, 9.17) is 0 Å². The quantitative estimate of drug-likeness (QED) is 0.853. The Labute approximate surface area is 107 Å². The van der Waals surface area contributed by atoms with Crippen LogP contribution in [0.1, 0.15) is 24.0 Å². The smallest absolute Gasteiger partial charge is 0.105 e. The Morgan fingerprint density at radius 2 is 2.35 bits per heavy atom. The zero-order valence-electron chi connectivity index (χ0n) is 10.4. The number of aryl methyl sites for hydroxylation is 2. The first-order valence-electron chi connectivity index (χ1n) is 6.04. The largest absolute Gasteiger partial charge is 0.331 e. The van der Waals surface area contributed by atoms with Crippen LogP contribution in [-0.2, 0) is 19.5 Å². The molecule has 1 N–H and O–H groups in total. The van der Waals surface area contributed by atoms with Crippen molar-refractivity contribution in [2.75, 3.05) is 6.54 Å². The first-order chi connectivity index (χ1) is 8.31. The summed E-state index contributed by atoms with van der Waals surface area (Å²) in [6.45, 7) is 7.11. The van der Waals surface area contributed by atoms with E-state index in [2.05, 4.69) is 45.5 Å². The topological polar surface area (TPSA) is 29.9 Å². The number of thiophene rings is 1. The third-order valence-electron chi connectivity index (χ3n) is 2.90. The molecule has 0 saturated heterocycles. The molecule has 4 heteroatoms. The molecular weight excluding hydrogens is 230 g/mol. The van der Waals surface area contributed by atoms with Gasteiger partial charge in [-0.3, -0.25) is 0 Å². The highest BCUT2D eigenvalue weighted by Crippen LogP contribution is 2.10. The van der Waals surface area contributed by atoms with Gasteiger partial charge in [-0.25, -0.2) is 4.98 Å². The van der Waals surface area contributed by atoms with Crippen molar-refractivity contribution in [3.05, 3.63) is 40.1 Å². The van der Waals surface area contributed by atoms with Crippen LogP contribution in [0.4, 0.5) is 0 Å². The Hall–Kier alpha value is -1.13. The Morgan fingerprint density at radius 3 is 3.06 bits per heavy atom. The number of nitrogens with zero attached hydrogens (tertiary/aromatic N) is 2. The van der Waals surface area contributed by atoms with Gasteiger partial charge < -0.3 is 9.88 Å². The minimum atomic E-state index is 0.904. The number of hydrogen-bond donors (Lipinski definition) is 1. The molecule has 2 aromatic rings. The molecule has 92 valence electrons. The first kappa shape index (κ1) is 12.3. The van der Waals surface area contributed by atoms with Crippen LogP contribution in [0.5, 0.6) is 0 Å². The predicted molar refractivity (Wildman–Crippen MR) is 72.4 cm³/mol. The van der Waals surface area contributed by atoms with Gasteiger partial charge in [0.2, 0.25) is 0 Å². The molecule has 0 aliphatic carbocycles. The molecule has 0 aliphatic heterocycles. The van der Waals surface area contributed by atoms with Crippen LogP contribution in [0.2, 0.25) is 0 Å². The predicted octanol–water partition coefficient (Wildman–Crippen LogP) is 2.61. The molecule has 0 amide bonds. The highest BCUT2D eigenvalue weighted by molar-refractivity contribution is 7.07. The third kappa shape index (κ3) is 3.17. The van der Waals surface area contributed by atoms with Gasteiger partial charge in [-0.1, -0.05) is 6.92 Å². The summed E-state index contributed by atoms with van der Waals surface area (Å²) in [5.74, 6) is 1.10. The maximum Gasteiger partial charge on any atom is 0.105 e. The molecule has 0 saturated carbocycles. The minimum absolute atomic E-state index is 0.904. The van der Waals surface area contributed by atoms with Gasteiger partial charge in [0.25, 0.3) is 0 Å². The fraction of sp³-hybridized carbons (Fsp3) is 0.462. The van der Waals surface area contributed by atoms with E-state index in [9.17, 15) is 0 Å².